The van der Waals surface area contributed by atoms with Gasteiger partial charge in [-0.3, -0.25) is 9.48 Å². The van der Waals surface area contributed by atoms with Crippen molar-refractivity contribution in [3.8, 4) is 0 Å². The first-order valence-electron chi connectivity index (χ1n) is 13.0. The number of nitrogens with one attached hydrogen (secondary N) is 2. The topological polar surface area (TPSA) is 122 Å². The van der Waals surface area contributed by atoms with Crippen LogP contribution in [0.2, 0.25) is 5.02 Å². The van der Waals surface area contributed by atoms with Gasteiger partial charge in [-0.25, -0.2) is 9.78 Å². The zero-order valence-electron chi connectivity index (χ0n) is 22.0. The first-order valence-corrected chi connectivity index (χ1v) is 13.4. The van der Waals surface area contributed by atoms with Crippen LogP contribution in [0.5, 0.6) is 0 Å². The fraction of sp³-hybridized carbons (Fsp3) is 0.615. The lowest BCUT2D eigenvalue weighted by atomic mass is 10.1. The van der Waals surface area contributed by atoms with E-state index < -0.39 is 17.9 Å². The maximum absolute atomic E-state index is 12.6. The number of fused-ring (bicyclic) bond motifs is 1. The van der Waals surface area contributed by atoms with Gasteiger partial charge in [0.2, 0.25) is 0 Å². The van der Waals surface area contributed by atoms with Gasteiger partial charge in [-0.15, -0.1) is 0 Å². The minimum Gasteiger partial charge on any atom is -0.480 e. The molecule has 0 radical (unpaired) electrons. The number of unbranched alkanes of at least 4 members (excludes halogenated alkanes) is 1. The Morgan fingerprint density at radius 1 is 1.27 bits per heavy atom. The number of pyridine rings is 1. The summed E-state index contributed by atoms with van der Waals surface area (Å²) in [6, 6.07) is 3.26. The van der Waals surface area contributed by atoms with Crippen LogP contribution in [0.1, 0.15) is 61.3 Å². The second kappa shape index (κ2) is 14.3. The predicted octanol–water partition coefficient (Wildman–Crippen LogP) is 3.15. The fourth-order valence-electron chi connectivity index (χ4n) is 4.36. The van der Waals surface area contributed by atoms with Gasteiger partial charge in [0, 0.05) is 32.4 Å². The third kappa shape index (κ3) is 8.98. The number of anilines is 1. The molecule has 0 aliphatic carbocycles. The molecule has 3 rings (SSSR count). The number of carbonyl (C=O) groups excluding carboxylic acids is 1. The number of amides is 1. The number of carboxylic acids is 1. The summed E-state index contributed by atoms with van der Waals surface area (Å²) < 4.78 is 7.06. The van der Waals surface area contributed by atoms with E-state index in [0.717, 1.165) is 56.7 Å². The van der Waals surface area contributed by atoms with E-state index in [9.17, 15) is 14.7 Å². The second-order valence-electron chi connectivity index (χ2n) is 9.68. The Morgan fingerprint density at radius 3 is 2.78 bits per heavy atom. The molecule has 0 bridgehead atoms. The van der Waals surface area contributed by atoms with Gasteiger partial charge in [-0.1, -0.05) is 17.7 Å². The highest BCUT2D eigenvalue weighted by Gasteiger charge is 2.24. The molecule has 2 aromatic rings. The van der Waals surface area contributed by atoms with E-state index in [1.165, 1.54) is 16.4 Å². The Morgan fingerprint density at radius 2 is 2.08 bits per heavy atom. The van der Waals surface area contributed by atoms with Crippen molar-refractivity contribution >= 4 is 29.3 Å². The van der Waals surface area contributed by atoms with Gasteiger partial charge in [0.05, 0.1) is 23.9 Å². The van der Waals surface area contributed by atoms with Gasteiger partial charge in [-0.05, 0) is 70.5 Å². The number of nitrogens with zero attached hydrogens (tertiary/aromatic N) is 4. The van der Waals surface area contributed by atoms with E-state index in [4.69, 9.17) is 21.3 Å². The summed E-state index contributed by atoms with van der Waals surface area (Å²) in [6.45, 7) is 7.52. The number of hydrogen-bond donors (Lipinski definition) is 3. The molecule has 0 unspecified atom stereocenters. The number of aliphatic carboxylic acids is 1. The lowest BCUT2D eigenvalue weighted by molar-refractivity contribution is -0.139. The quantitative estimate of drug-likeness (QED) is 0.298. The van der Waals surface area contributed by atoms with Crippen LogP contribution in [-0.2, 0) is 29.4 Å². The van der Waals surface area contributed by atoms with E-state index in [1.54, 1.807) is 7.05 Å². The van der Waals surface area contributed by atoms with Crippen LogP contribution in [0.3, 0.4) is 0 Å². The van der Waals surface area contributed by atoms with Crippen molar-refractivity contribution in [1.29, 1.82) is 0 Å². The van der Waals surface area contributed by atoms with Crippen LogP contribution in [0.4, 0.5) is 5.82 Å². The number of halogens is 1. The highest BCUT2D eigenvalue weighted by atomic mass is 35.5. The summed E-state index contributed by atoms with van der Waals surface area (Å²) in [7, 11) is 1.59. The number of ether oxygens (including phenoxy) is 1. The minimum absolute atomic E-state index is 0.125. The lowest BCUT2D eigenvalue weighted by Crippen LogP contribution is -2.44. The van der Waals surface area contributed by atoms with Gasteiger partial charge in [0.25, 0.3) is 5.91 Å². The van der Waals surface area contributed by atoms with Gasteiger partial charge in [0.15, 0.2) is 0 Å². The zero-order valence-corrected chi connectivity index (χ0v) is 22.8. The molecular weight excluding hydrogens is 496 g/mol. The number of rotatable bonds is 15. The molecule has 2 aromatic heterocycles. The molecule has 0 fully saturated rings. The predicted molar refractivity (Wildman–Crippen MR) is 143 cm³/mol. The van der Waals surface area contributed by atoms with Gasteiger partial charge < -0.3 is 25.4 Å². The molecule has 1 amide bonds. The Labute approximate surface area is 223 Å². The van der Waals surface area contributed by atoms with Crippen molar-refractivity contribution in [2.24, 2.45) is 7.05 Å². The minimum atomic E-state index is -1.09. The molecule has 3 N–H and O–H groups in total. The van der Waals surface area contributed by atoms with Crippen LogP contribution in [-0.4, -0.2) is 81.6 Å². The van der Waals surface area contributed by atoms with E-state index in [2.05, 4.69) is 32.8 Å². The van der Waals surface area contributed by atoms with E-state index in [1.807, 2.05) is 13.8 Å². The third-order valence-electron chi connectivity index (χ3n) is 6.41. The Hall–Kier alpha value is -2.69. The monoisotopic (exact) mass is 534 g/mol. The van der Waals surface area contributed by atoms with Crippen LogP contribution >= 0.6 is 11.6 Å². The summed E-state index contributed by atoms with van der Waals surface area (Å²) in [6.07, 6.45) is 6.79. The lowest BCUT2D eigenvalue weighted by Gasteiger charge is -2.25. The average Bonchev–Trinajstić information content (AvgIpc) is 3.20. The molecule has 0 spiro atoms. The Kier molecular flexibility index (Phi) is 11.2. The molecule has 0 saturated carbocycles. The van der Waals surface area contributed by atoms with Crippen LogP contribution in [0, 0.1) is 0 Å². The molecule has 37 heavy (non-hydrogen) atoms. The molecule has 1 aliphatic heterocycles. The highest BCUT2D eigenvalue weighted by Crippen LogP contribution is 2.20. The average molecular weight is 535 g/mol. The first-order chi connectivity index (χ1) is 17.7. The number of carbonyl (C=O) groups is 2. The maximum atomic E-state index is 12.6. The molecule has 3 heterocycles. The van der Waals surface area contributed by atoms with Gasteiger partial charge >= 0.3 is 5.97 Å². The largest absolute Gasteiger partial charge is 0.480 e. The zero-order chi connectivity index (χ0) is 26.8. The number of aromatic nitrogens is 3. The normalized spacial score (nSPS) is 13.9. The van der Waals surface area contributed by atoms with Crippen molar-refractivity contribution in [1.82, 2.24) is 25.0 Å². The molecule has 1 aliphatic rings. The highest BCUT2D eigenvalue weighted by molar-refractivity contribution is 6.33. The molecule has 0 saturated heterocycles. The molecule has 10 nitrogen and oxygen atoms in total. The summed E-state index contributed by atoms with van der Waals surface area (Å²) in [5, 5.41) is 19.8. The SMILES string of the molecule is CC(C)OCCN(CCCCc1ccc2c(n1)NCCC2)CC[C@H](NC(=O)c1c(Cl)cnn1C)C(=O)O. The summed E-state index contributed by atoms with van der Waals surface area (Å²) in [5.41, 5.74) is 2.52. The number of carboxylic acid groups (broad SMARTS) is 1. The molecule has 1 atom stereocenters. The smallest absolute Gasteiger partial charge is 0.326 e. The molecule has 11 heteroatoms. The standard InChI is InChI=1S/C26H39ClN6O4/c1-18(2)37-16-15-33(13-5-4-8-20-10-9-19-7-6-12-28-24(19)30-20)14-11-22(26(35)36)31-25(34)23-21(27)17-29-32(23)3/h9-10,17-18,22H,4-8,11-16H2,1-3H3,(H,28,30)(H,31,34)(H,35,36)/t22-/m0/s1. The van der Waals surface area contributed by atoms with Crippen molar-refractivity contribution in [3.63, 3.8) is 0 Å². The van der Waals surface area contributed by atoms with E-state index in [0.29, 0.717) is 19.7 Å². The first kappa shape index (κ1) is 28.9. The van der Waals surface area contributed by atoms with Gasteiger partial charge in [0.1, 0.15) is 17.6 Å². The maximum Gasteiger partial charge on any atom is 0.326 e. The van der Waals surface area contributed by atoms with Crippen molar-refractivity contribution in [3.05, 3.63) is 40.3 Å². The number of aryl methyl sites for hydroxylation is 3. The molecule has 0 aromatic carbocycles. The van der Waals surface area contributed by atoms with Crippen molar-refractivity contribution < 1.29 is 19.4 Å². The molecule has 204 valence electrons. The van der Waals surface area contributed by atoms with E-state index in [-0.39, 0.29) is 23.2 Å². The van der Waals surface area contributed by atoms with Crippen LogP contribution < -0.4 is 10.6 Å². The van der Waals surface area contributed by atoms with Crippen molar-refractivity contribution in [2.45, 2.75) is 64.5 Å². The summed E-state index contributed by atoms with van der Waals surface area (Å²) in [5.74, 6) is -0.623. The summed E-state index contributed by atoms with van der Waals surface area (Å²) >= 11 is 6.04. The third-order valence-corrected chi connectivity index (χ3v) is 6.69. The number of hydrogen-bond acceptors (Lipinski definition) is 7. The fourth-order valence-corrected chi connectivity index (χ4v) is 4.62. The Bertz CT molecular complexity index is 1020. The summed E-state index contributed by atoms with van der Waals surface area (Å²) in [4.78, 5) is 31.5. The van der Waals surface area contributed by atoms with E-state index >= 15 is 0 Å². The van der Waals surface area contributed by atoms with Crippen LogP contribution in [0.15, 0.2) is 18.3 Å². The Balaban J connectivity index is 1.51. The van der Waals surface area contributed by atoms with Crippen LogP contribution in [0.25, 0.3) is 0 Å². The molecular formula is C26H39ClN6O4. The van der Waals surface area contributed by atoms with Gasteiger partial charge in [-0.2, -0.15) is 5.10 Å². The second-order valence-corrected chi connectivity index (χ2v) is 10.1. The van der Waals surface area contributed by atoms with Crippen molar-refractivity contribution in [2.75, 3.05) is 38.1 Å².